The van der Waals surface area contributed by atoms with Crippen LogP contribution in [0.4, 0.5) is 18.0 Å². The standard InChI is InChI=1S/C21H22F3N5O3/c1-21(2,3)32-20(30)28-6-4-13(5-7-28)29-18-14(10-27-29)19(26-11-25-18)31-16-9-12(22)8-15(23)17(16)24/h8-11,13H,4-7H2,1-3H3. The van der Waals surface area contributed by atoms with Crippen molar-refractivity contribution in [2.75, 3.05) is 13.1 Å². The first-order valence-corrected chi connectivity index (χ1v) is 10.1. The number of nitrogens with zero attached hydrogens (tertiary/aromatic N) is 5. The average Bonchev–Trinajstić information content (AvgIpc) is 3.15. The molecule has 8 nitrogen and oxygen atoms in total. The molecule has 0 aliphatic carbocycles. The van der Waals surface area contributed by atoms with Crippen LogP contribution < -0.4 is 4.74 Å². The third kappa shape index (κ3) is 4.46. The van der Waals surface area contributed by atoms with E-state index in [0.29, 0.717) is 43.0 Å². The molecule has 0 radical (unpaired) electrons. The molecule has 0 N–H and O–H groups in total. The number of likely N-dealkylation sites (tertiary alicyclic amines) is 1. The lowest BCUT2D eigenvalue weighted by atomic mass is 10.1. The molecule has 4 rings (SSSR count). The molecule has 170 valence electrons. The quantitative estimate of drug-likeness (QED) is 0.543. The first kappa shape index (κ1) is 21.8. The number of aromatic nitrogens is 4. The number of fused-ring (bicyclic) bond motifs is 1. The normalized spacial score (nSPS) is 15.2. The molecule has 1 saturated heterocycles. The van der Waals surface area contributed by atoms with E-state index in [-0.39, 0.29) is 18.0 Å². The van der Waals surface area contributed by atoms with E-state index < -0.39 is 28.8 Å². The number of amides is 1. The molecule has 0 atom stereocenters. The van der Waals surface area contributed by atoms with Crippen molar-refractivity contribution in [3.8, 4) is 11.6 Å². The van der Waals surface area contributed by atoms with Crippen LogP contribution in [-0.4, -0.2) is 49.4 Å². The number of ether oxygens (including phenoxy) is 2. The van der Waals surface area contributed by atoms with Crippen molar-refractivity contribution in [2.45, 2.75) is 45.3 Å². The van der Waals surface area contributed by atoms with Crippen LogP contribution >= 0.6 is 0 Å². The molecular formula is C21H22F3N5O3. The third-order valence-corrected chi connectivity index (χ3v) is 4.98. The molecule has 3 heterocycles. The van der Waals surface area contributed by atoms with Crippen LogP contribution in [-0.2, 0) is 4.74 Å². The maximum absolute atomic E-state index is 14.0. The highest BCUT2D eigenvalue weighted by molar-refractivity contribution is 5.80. The van der Waals surface area contributed by atoms with Gasteiger partial charge < -0.3 is 14.4 Å². The maximum atomic E-state index is 14.0. The van der Waals surface area contributed by atoms with Crippen molar-refractivity contribution < 1.29 is 27.4 Å². The molecule has 11 heteroatoms. The number of carbonyl (C=O) groups excluding carboxylic acids is 1. The van der Waals surface area contributed by atoms with E-state index in [4.69, 9.17) is 9.47 Å². The number of hydrogen-bond acceptors (Lipinski definition) is 6. The molecule has 3 aromatic rings. The van der Waals surface area contributed by atoms with Crippen LogP contribution in [0, 0.1) is 17.5 Å². The summed E-state index contributed by atoms with van der Waals surface area (Å²) in [4.78, 5) is 22.1. The van der Waals surface area contributed by atoms with Gasteiger partial charge in [-0.2, -0.15) is 9.49 Å². The van der Waals surface area contributed by atoms with Crippen LogP contribution in [0.3, 0.4) is 0 Å². The summed E-state index contributed by atoms with van der Waals surface area (Å²) in [5.74, 6) is -4.35. The molecule has 1 fully saturated rings. The second-order valence-electron chi connectivity index (χ2n) is 8.51. The molecule has 1 aromatic carbocycles. The van der Waals surface area contributed by atoms with Gasteiger partial charge in [0.05, 0.1) is 12.2 Å². The number of rotatable bonds is 3. The van der Waals surface area contributed by atoms with Gasteiger partial charge in [0, 0.05) is 25.2 Å². The molecule has 2 aromatic heterocycles. The fourth-order valence-electron chi connectivity index (χ4n) is 3.52. The predicted molar refractivity (Wildman–Crippen MR) is 108 cm³/mol. The van der Waals surface area contributed by atoms with Crippen molar-refractivity contribution in [3.05, 3.63) is 42.1 Å². The van der Waals surface area contributed by atoms with Gasteiger partial charge in [0.15, 0.2) is 17.2 Å². The minimum absolute atomic E-state index is 0.0442. The van der Waals surface area contributed by atoms with Gasteiger partial charge in [-0.1, -0.05) is 0 Å². The highest BCUT2D eigenvalue weighted by Gasteiger charge is 2.29. The molecular weight excluding hydrogens is 427 g/mol. The van der Waals surface area contributed by atoms with Gasteiger partial charge in [0.2, 0.25) is 11.7 Å². The average molecular weight is 449 g/mol. The lowest BCUT2D eigenvalue weighted by Gasteiger charge is -2.33. The molecule has 0 unspecified atom stereocenters. The SMILES string of the molecule is CC(C)(C)OC(=O)N1CCC(n2ncc3c(Oc4cc(F)cc(F)c4F)ncnc32)CC1. The van der Waals surface area contributed by atoms with Crippen molar-refractivity contribution in [1.82, 2.24) is 24.6 Å². The van der Waals surface area contributed by atoms with Crippen LogP contribution in [0.15, 0.2) is 24.7 Å². The fourth-order valence-corrected chi connectivity index (χ4v) is 3.52. The fraction of sp³-hybridized carbons (Fsp3) is 0.429. The van der Waals surface area contributed by atoms with E-state index in [9.17, 15) is 18.0 Å². The Morgan fingerprint density at radius 3 is 2.53 bits per heavy atom. The van der Waals surface area contributed by atoms with E-state index in [1.54, 1.807) is 9.58 Å². The van der Waals surface area contributed by atoms with Crippen LogP contribution in [0.2, 0.25) is 0 Å². The Morgan fingerprint density at radius 1 is 1.12 bits per heavy atom. The topological polar surface area (TPSA) is 82.4 Å². The van der Waals surface area contributed by atoms with Gasteiger partial charge in [0.1, 0.15) is 23.1 Å². The summed E-state index contributed by atoms with van der Waals surface area (Å²) in [7, 11) is 0. The minimum Gasteiger partial charge on any atom is -0.444 e. The minimum atomic E-state index is -1.36. The Kier molecular flexibility index (Phi) is 5.66. The largest absolute Gasteiger partial charge is 0.444 e. The second-order valence-corrected chi connectivity index (χ2v) is 8.51. The second kappa shape index (κ2) is 8.29. The van der Waals surface area contributed by atoms with Gasteiger partial charge in [-0.3, -0.25) is 0 Å². The molecule has 1 amide bonds. The van der Waals surface area contributed by atoms with E-state index in [1.807, 2.05) is 20.8 Å². The maximum Gasteiger partial charge on any atom is 0.410 e. The number of piperidine rings is 1. The Labute approximate surface area is 182 Å². The summed E-state index contributed by atoms with van der Waals surface area (Å²) >= 11 is 0. The van der Waals surface area contributed by atoms with Gasteiger partial charge in [-0.15, -0.1) is 0 Å². The zero-order chi connectivity index (χ0) is 23.0. The van der Waals surface area contributed by atoms with Crippen molar-refractivity contribution in [3.63, 3.8) is 0 Å². The number of benzene rings is 1. The van der Waals surface area contributed by atoms with Crippen molar-refractivity contribution >= 4 is 17.1 Å². The third-order valence-electron chi connectivity index (χ3n) is 4.98. The number of halogens is 3. The Morgan fingerprint density at radius 2 is 1.84 bits per heavy atom. The van der Waals surface area contributed by atoms with Crippen molar-refractivity contribution in [2.24, 2.45) is 0 Å². The summed E-state index contributed by atoms with van der Waals surface area (Å²) in [6, 6.07) is 1.13. The molecule has 32 heavy (non-hydrogen) atoms. The van der Waals surface area contributed by atoms with Crippen LogP contribution in [0.1, 0.15) is 39.7 Å². The van der Waals surface area contributed by atoms with E-state index in [1.165, 1.54) is 12.5 Å². The lowest BCUT2D eigenvalue weighted by Crippen LogP contribution is -2.42. The highest BCUT2D eigenvalue weighted by Crippen LogP contribution is 2.32. The summed E-state index contributed by atoms with van der Waals surface area (Å²) in [5.41, 5.74) is -0.133. The summed E-state index contributed by atoms with van der Waals surface area (Å²) in [6.07, 6.45) is 3.56. The molecule has 1 aliphatic heterocycles. The predicted octanol–water partition coefficient (Wildman–Crippen LogP) is 4.61. The zero-order valence-electron chi connectivity index (χ0n) is 17.8. The van der Waals surface area contributed by atoms with Crippen molar-refractivity contribution in [1.29, 1.82) is 0 Å². The van der Waals surface area contributed by atoms with Gasteiger partial charge >= 0.3 is 6.09 Å². The monoisotopic (exact) mass is 449 g/mol. The summed E-state index contributed by atoms with van der Waals surface area (Å²) in [5, 5.41) is 4.73. The highest BCUT2D eigenvalue weighted by atomic mass is 19.2. The Bertz CT molecular complexity index is 1150. The molecule has 1 aliphatic rings. The Hall–Kier alpha value is -3.37. The van der Waals surface area contributed by atoms with Gasteiger partial charge in [0.25, 0.3) is 0 Å². The van der Waals surface area contributed by atoms with E-state index in [0.717, 1.165) is 6.07 Å². The van der Waals surface area contributed by atoms with Crippen LogP contribution in [0.25, 0.3) is 11.0 Å². The summed E-state index contributed by atoms with van der Waals surface area (Å²) in [6.45, 7) is 6.43. The lowest BCUT2D eigenvalue weighted by molar-refractivity contribution is 0.0186. The van der Waals surface area contributed by atoms with E-state index >= 15 is 0 Å². The molecule has 0 bridgehead atoms. The molecule has 0 spiro atoms. The van der Waals surface area contributed by atoms with E-state index in [2.05, 4.69) is 15.1 Å². The van der Waals surface area contributed by atoms with Gasteiger partial charge in [-0.25, -0.2) is 28.2 Å². The van der Waals surface area contributed by atoms with Gasteiger partial charge in [-0.05, 0) is 33.6 Å². The molecule has 0 saturated carbocycles. The number of carbonyl (C=O) groups is 1. The summed E-state index contributed by atoms with van der Waals surface area (Å²) < 4.78 is 53.4. The number of hydrogen-bond donors (Lipinski definition) is 0. The van der Waals surface area contributed by atoms with Crippen LogP contribution in [0.5, 0.6) is 11.6 Å². The first-order valence-electron chi connectivity index (χ1n) is 10.1. The Balaban J connectivity index is 1.53. The first-order chi connectivity index (χ1) is 15.1. The zero-order valence-corrected chi connectivity index (χ0v) is 17.8. The smallest absolute Gasteiger partial charge is 0.410 e.